The smallest absolute Gasteiger partial charge is 0.238 e. The molecule has 0 radical (unpaired) electrons. The number of sulfonamides is 1. The Morgan fingerprint density at radius 1 is 1.41 bits per heavy atom. The summed E-state index contributed by atoms with van der Waals surface area (Å²) in [6.07, 6.45) is 1.67. The second kappa shape index (κ2) is 4.38. The van der Waals surface area contributed by atoms with Crippen LogP contribution in [0.2, 0.25) is 5.02 Å². The molecular weight excluding hydrogens is 280 g/mol. The number of thiazole rings is 1. The van der Waals surface area contributed by atoms with E-state index in [1.165, 1.54) is 17.4 Å². The lowest BCUT2D eigenvalue weighted by Crippen LogP contribution is -2.13. The molecule has 1 aromatic heterocycles. The molecule has 0 saturated carbocycles. The van der Waals surface area contributed by atoms with Crippen molar-refractivity contribution in [1.82, 2.24) is 4.98 Å². The Morgan fingerprint density at radius 3 is 2.65 bits per heavy atom. The van der Waals surface area contributed by atoms with Gasteiger partial charge in [0.05, 0.1) is 9.92 Å². The standard InChI is InChI=1S/C10H9ClN2O2S2/c1-6-8(17(12,14)15)3-2-7(9(6)11)10-13-4-5-16-10/h2-5H,1H3,(H2,12,14,15). The highest BCUT2D eigenvalue weighted by molar-refractivity contribution is 7.89. The van der Waals surface area contributed by atoms with Gasteiger partial charge < -0.3 is 0 Å². The minimum atomic E-state index is -3.74. The molecule has 2 N–H and O–H groups in total. The number of aromatic nitrogens is 1. The number of halogens is 1. The van der Waals surface area contributed by atoms with Crippen molar-refractivity contribution in [2.24, 2.45) is 5.14 Å². The molecule has 0 saturated heterocycles. The van der Waals surface area contributed by atoms with Crippen molar-refractivity contribution < 1.29 is 8.42 Å². The second-order valence-corrected chi connectivity index (χ2v) is 6.23. The van der Waals surface area contributed by atoms with Crippen LogP contribution in [0.3, 0.4) is 0 Å². The van der Waals surface area contributed by atoms with Gasteiger partial charge in [0.25, 0.3) is 0 Å². The van der Waals surface area contributed by atoms with E-state index in [1.807, 2.05) is 5.38 Å². The van der Waals surface area contributed by atoms with Gasteiger partial charge in [-0.3, -0.25) is 0 Å². The van der Waals surface area contributed by atoms with E-state index < -0.39 is 10.0 Å². The molecule has 2 aromatic rings. The van der Waals surface area contributed by atoms with Crippen molar-refractivity contribution in [3.05, 3.63) is 34.3 Å². The minimum absolute atomic E-state index is 0.0443. The lowest BCUT2D eigenvalue weighted by molar-refractivity contribution is 0.597. The van der Waals surface area contributed by atoms with E-state index in [4.69, 9.17) is 16.7 Å². The summed E-state index contributed by atoms with van der Waals surface area (Å²) in [7, 11) is -3.74. The van der Waals surface area contributed by atoms with Gasteiger partial charge in [-0.15, -0.1) is 11.3 Å². The molecule has 1 aromatic carbocycles. The molecule has 0 spiro atoms. The first-order chi connectivity index (χ1) is 7.91. The fourth-order valence-electron chi connectivity index (χ4n) is 1.50. The van der Waals surface area contributed by atoms with Crippen LogP contribution in [0.5, 0.6) is 0 Å². The third kappa shape index (κ3) is 2.35. The van der Waals surface area contributed by atoms with Gasteiger partial charge in [-0.2, -0.15) is 0 Å². The van der Waals surface area contributed by atoms with Crippen LogP contribution in [-0.4, -0.2) is 13.4 Å². The van der Waals surface area contributed by atoms with Gasteiger partial charge in [0.2, 0.25) is 10.0 Å². The number of hydrogen-bond acceptors (Lipinski definition) is 4. The Labute approximate surface area is 108 Å². The third-order valence-electron chi connectivity index (χ3n) is 2.31. The maximum absolute atomic E-state index is 11.3. The topological polar surface area (TPSA) is 73.1 Å². The average Bonchev–Trinajstić information content (AvgIpc) is 2.73. The van der Waals surface area contributed by atoms with Crippen molar-refractivity contribution in [2.45, 2.75) is 11.8 Å². The summed E-state index contributed by atoms with van der Waals surface area (Å²) in [6.45, 7) is 1.62. The highest BCUT2D eigenvalue weighted by Crippen LogP contribution is 2.34. The third-order valence-corrected chi connectivity index (χ3v) is 4.65. The zero-order valence-electron chi connectivity index (χ0n) is 8.84. The Kier molecular flexibility index (Phi) is 3.22. The zero-order chi connectivity index (χ0) is 12.6. The molecule has 2 rings (SSSR count). The van der Waals surface area contributed by atoms with Crippen molar-refractivity contribution in [2.75, 3.05) is 0 Å². The molecule has 90 valence electrons. The molecule has 1 heterocycles. The summed E-state index contributed by atoms with van der Waals surface area (Å²) in [5, 5.41) is 8.04. The average molecular weight is 289 g/mol. The normalized spacial score (nSPS) is 11.7. The summed E-state index contributed by atoms with van der Waals surface area (Å²) in [5.74, 6) is 0. The summed E-state index contributed by atoms with van der Waals surface area (Å²) < 4.78 is 22.6. The summed E-state index contributed by atoms with van der Waals surface area (Å²) in [5.41, 5.74) is 1.16. The lowest BCUT2D eigenvalue weighted by atomic mass is 10.1. The van der Waals surface area contributed by atoms with E-state index in [0.29, 0.717) is 16.1 Å². The minimum Gasteiger partial charge on any atom is -0.244 e. The number of nitrogens with two attached hydrogens (primary N) is 1. The molecule has 0 aliphatic heterocycles. The Balaban J connectivity index is 2.66. The van der Waals surface area contributed by atoms with Gasteiger partial charge in [-0.1, -0.05) is 11.6 Å². The fraction of sp³-hybridized carbons (Fsp3) is 0.100. The maximum Gasteiger partial charge on any atom is 0.238 e. The molecule has 7 heteroatoms. The van der Waals surface area contributed by atoms with Crippen LogP contribution < -0.4 is 5.14 Å². The number of primary sulfonamides is 1. The SMILES string of the molecule is Cc1c(S(N)(=O)=O)ccc(-c2nccs2)c1Cl. The number of rotatable bonds is 2. The van der Waals surface area contributed by atoms with Gasteiger partial charge in [0.1, 0.15) is 5.01 Å². The first-order valence-electron chi connectivity index (χ1n) is 4.63. The maximum atomic E-state index is 11.3. The van der Waals surface area contributed by atoms with Crippen LogP contribution in [0, 0.1) is 6.92 Å². The molecule has 0 amide bonds. The molecule has 0 bridgehead atoms. The predicted molar refractivity (Wildman–Crippen MR) is 68.7 cm³/mol. The second-order valence-electron chi connectivity index (χ2n) is 3.43. The molecule has 0 fully saturated rings. The largest absolute Gasteiger partial charge is 0.244 e. The number of benzene rings is 1. The van der Waals surface area contributed by atoms with Gasteiger partial charge in [-0.05, 0) is 24.6 Å². The highest BCUT2D eigenvalue weighted by Gasteiger charge is 2.17. The Bertz CT molecular complexity index is 651. The number of nitrogens with zero attached hydrogens (tertiary/aromatic N) is 1. The van der Waals surface area contributed by atoms with Crippen LogP contribution >= 0.6 is 22.9 Å². The van der Waals surface area contributed by atoms with Crippen molar-refractivity contribution in [3.8, 4) is 10.6 Å². The van der Waals surface area contributed by atoms with Crippen LogP contribution in [0.4, 0.5) is 0 Å². The van der Waals surface area contributed by atoms with E-state index in [-0.39, 0.29) is 4.90 Å². The van der Waals surface area contributed by atoms with Crippen molar-refractivity contribution in [1.29, 1.82) is 0 Å². The summed E-state index contributed by atoms with van der Waals surface area (Å²) in [6, 6.07) is 3.07. The van der Waals surface area contributed by atoms with E-state index in [9.17, 15) is 8.42 Å². The molecule has 17 heavy (non-hydrogen) atoms. The molecule has 0 aliphatic carbocycles. The molecule has 0 atom stereocenters. The van der Waals surface area contributed by atoms with E-state index in [0.717, 1.165) is 5.01 Å². The molecule has 4 nitrogen and oxygen atoms in total. The van der Waals surface area contributed by atoms with E-state index >= 15 is 0 Å². The quantitative estimate of drug-likeness (QED) is 0.922. The summed E-state index contributed by atoms with van der Waals surface area (Å²) in [4.78, 5) is 4.18. The fourth-order valence-corrected chi connectivity index (χ4v) is 3.32. The van der Waals surface area contributed by atoms with Gasteiger partial charge in [0, 0.05) is 17.1 Å². The van der Waals surface area contributed by atoms with Crippen LogP contribution in [-0.2, 0) is 10.0 Å². The van der Waals surface area contributed by atoms with Crippen LogP contribution in [0.15, 0.2) is 28.6 Å². The Morgan fingerprint density at radius 2 is 2.12 bits per heavy atom. The van der Waals surface area contributed by atoms with Crippen LogP contribution in [0.25, 0.3) is 10.6 Å². The van der Waals surface area contributed by atoms with Gasteiger partial charge in [0.15, 0.2) is 0 Å². The van der Waals surface area contributed by atoms with Gasteiger partial charge >= 0.3 is 0 Å². The van der Waals surface area contributed by atoms with Crippen molar-refractivity contribution in [3.63, 3.8) is 0 Å². The monoisotopic (exact) mass is 288 g/mol. The molecule has 0 aliphatic rings. The highest BCUT2D eigenvalue weighted by atomic mass is 35.5. The first-order valence-corrected chi connectivity index (χ1v) is 7.43. The lowest BCUT2D eigenvalue weighted by Gasteiger charge is -2.08. The number of hydrogen-bond donors (Lipinski definition) is 1. The molecule has 0 unspecified atom stereocenters. The molecular formula is C10H9ClN2O2S2. The zero-order valence-corrected chi connectivity index (χ0v) is 11.2. The predicted octanol–water partition coefficient (Wildman–Crippen LogP) is 2.42. The van der Waals surface area contributed by atoms with E-state index in [2.05, 4.69) is 4.98 Å². The first kappa shape index (κ1) is 12.5. The van der Waals surface area contributed by atoms with Crippen molar-refractivity contribution >= 4 is 33.0 Å². The van der Waals surface area contributed by atoms with Gasteiger partial charge in [-0.25, -0.2) is 18.5 Å². The summed E-state index contributed by atoms with van der Waals surface area (Å²) >= 11 is 7.58. The van der Waals surface area contributed by atoms with E-state index in [1.54, 1.807) is 19.2 Å². The Hall–Kier alpha value is -0.950. The van der Waals surface area contributed by atoms with Crippen LogP contribution in [0.1, 0.15) is 5.56 Å².